The molecule has 0 N–H and O–H groups in total. The standard InChI is InChI=1S/C31H64O.3C26H54O/c1-6-7-8-9-10-11-12-13-14-15-16-17-18-19-27-32-28-26-31(5)25-21-24-30(4)23-20-22-29(2)3;1-6-8-9-10-11-12-13-14-15-16-17-18-19-20-24-27-26(4,5)23-21-22-25(3)7-2;1-6-8-9-10-11-12-13-14-15-16-17-18-19-20-24-27-26(5,7-2)23-21-22-25(3)4;1-5-6-7-8-9-10-11-12-13-14-15-16-17-18-23-27-24-22-26(4)21-19-20-25(2)3/h29-31H,6-28H2,1-5H3;2*25H,6-24H2,1-5H3;25-26H,5-24H2,1-4H3. The molecule has 0 aliphatic carbocycles. The van der Waals surface area contributed by atoms with Gasteiger partial charge in [0.1, 0.15) is 0 Å². The first kappa shape index (κ1) is 119. The van der Waals surface area contributed by atoms with Crippen LogP contribution >= 0.6 is 0 Å². The lowest BCUT2D eigenvalue weighted by Gasteiger charge is -2.29. The number of unbranched alkanes of at least 4 members (excludes halogenated alkanes) is 52. The van der Waals surface area contributed by atoms with Crippen molar-refractivity contribution in [1.29, 1.82) is 0 Å². The van der Waals surface area contributed by atoms with Crippen LogP contribution in [-0.4, -0.2) is 50.8 Å². The quantitative estimate of drug-likeness (QED) is 0.0569. The van der Waals surface area contributed by atoms with E-state index in [9.17, 15) is 0 Å². The lowest BCUT2D eigenvalue weighted by Crippen LogP contribution is -2.28. The molecule has 0 bridgehead atoms. The van der Waals surface area contributed by atoms with Crippen molar-refractivity contribution < 1.29 is 18.9 Å². The molecular formula is C109H226O4. The minimum atomic E-state index is 0.0734. The van der Waals surface area contributed by atoms with Crippen LogP contribution in [0.25, 0.3) is 0 Å². The normalized spacial score (nSPS) is 13.4. The van der Waals surface area contributed by atoms with E-state index < -0.39 is 0 Å². The molecule has 0 saturated heterocycles. The maximum Gasteiger partial charge on any atom is 0.0651 e. The fourth-order valence-corrected chi connectivity index (χ4v) is 16.2. The van der Waals surface area contributed by atoms with Gasteiger partial charge in [0.05, 0.1) is 11.2 Å². The van der Waals surface area contributed by atoms with E-state index in [1.165, 1.54) is 475 Å². The van der Waals surface area contributed by atoms with Crippen LogP contribution in [-0.2, 0) is 18.9 Å². The SMILES string of the molecule is CCCCCCCCCCCCCCCCOC(C)(C)CCCC(C)CC.CCCCCCCCCCCCCCCCOC(C)(CC)CCCC(C)C.CCCCCCCCCCCCCCCCOCCC(C)CCCC(C)C.CCCCCCCCCCCCCCCCOCCC(C)CCCC(C)CCCC(C)C. The van der Waals surface area contributed by atoms with Crippen molar-refractivity contribution in [3.05, 3.63) is 0 Å². The van der Waals surface area contributed by atoms with Crippen molar-refractivity contribution in [2.75, 3.05) is 39.6 Å². The highest BCUT2D eigenvalue weighted by Crippen LogP contribution is 2.28. The topological polar surface area (TPSA) is 36.9 Å². The van der Waals surface area contributed by atoms with Gasteiger partial charge in [0.25, 0.3) is 0 Å². The smallest absolute Gasteiger partial charge is 0.0651 e. The summed E-state index contributed by atoms with van der Waals surface area (Å²) in [5.41, 5.74) is 0.190. The molecule has 0 aromatic carbocycles. The van der Waals surface area contributed by atoms with Crippen LogP contribution in [0.3, 0.4) is 0 Å². The molecule has 0 aromatic heterocycles. The molecule has 5 unspecified atom stereocenters. The third kappa shape index (κ3) is 110. The van der Waals surface area contributed by atoms with Gasteiger partial charge >= 0.3 is 0 Å². The maximum atomic E-state index is 6.27. The molecule has 0 aromatic rings. The largest absolute Gasteiger partial charge is 0.381 e. The van der Waals surface area contributed by atoms with E-state index in [0.717, 1.165) is 87.5 Å². The molecule has 0 aliphatic heterocycles. The van der Waals surface area contributed by atoms with E-state index in [0.29, 0.717) is 0 Å². The average Bonchev–Trinajstić information content (AvgIpc) is 0.916. The van der Waals surface area contributed by atoms with E-state index in [2.05, 4.69) is 132 Å². The van der Waals surface area contributed by atoms with Crippen molar-refractivity contribution in [3.8, 4) is 0 Å². The molecular weight excluding hydrogens is 1370 g/mol. The second kappa shape index (κ2) is 98.9. The van der Waals surface area contributed by atoms with Gasteiger partial charge in [-0.15, -0.1) is 0 Å². The summed E-state index contributed by atoms with van der Waals surface area (Å²) in [6, 6.07) is 0. The van der Waals surface area contributed by atoms with Gasteiger partial charge in [0, 0.05) is 39.6 Å². The van der Waals surface area contributed by atoms with E-state index in [4.69, 9.17) is 18.9 Å². The van der Waals surface area contributed by atoms with Crippen LogP contribution in [0.4, 0.5) is 0 Å². The van der Waals surface area contributed by atoms with E-state index >= 15 is 0 Å². The zero-order valence-electron chi connectivity index (χ0n) is 83.0. The van der Waals surface area contributed by atoms with Gasteiger partial charge in [-0.1, -0.05) is 535 Å². The summed E-state index contributed by atoms with van der Waals surface area (Å²) in [4.78, 5) is 0. The molecule has 0 saturated carbocycles. The first-order chi connectivity index (χ1) is 54.8. The summed E-state index contributed by atoms with van der Waals surface area (Å²) in [5, 5.41) is 0. The monoisotopic (exact) mass is 1600 g/mol. The van der Waals surface area contributed by atoms with Gasteiger partial charge in [0.15, 0.2) is 0 Å². The van der Waals surface area contributed by atoms with Crippen molar-refractivity contribution in [3.63, 3.8) is 0 Å². The summed E-state index contributed by atoms with van der Waals surface area (Å²) in [6.07, 6.45) is 105. The Balaban J connectivity index is -0.000000703. The lowest BCUT2D eigenvalue weighted by molar-refractivity contribution is -0.0438. The Labute approximate surface area is 720 Å². The Morgan fingerprint density at radius 1 is 0.186 bits per heavy atom. The van der Waals surface area contributed by atoms with Crippen LogP contribution < -0.4 is 0 Å². The zero-order chi connectivity index (χ0) is 84.1. The molecule has 0 amide bonds. The Morgan fingerprint density at radius 3 is 0.655 bits per heavy atom. The van der Waals surface area contributed by atoms with Crippen LogP contribution in [0, 0.1) is 41.4 Å². The second-order valence-electron chi connectivity index (χ2n) is 40.0. The van der Waals surface area contributed by atoms with Gasteiger partial charge in [-0.3, -0.25) is 0 Å². The first-order valence-corrected chi connectivity index (χ1v) is 53.2. The molecule has 113 heavy (non-hydrogen) atoms. The van der Waals surface area contributed by atoms with E-state index in [1.54, 1.807) is 0 Å². The molecule has 4 nitrogen and oxygen atoms in total. The van der Waals surface area contributed by atoms with Gasteiger partial charge in [-0.25, -0.2) is 0 Å². The van der Waals surface area contributed by atoms with Gasteiger partial charge in [-0.05, 0) is 120 Å². The molecule has 0 aliphatic rings. The minimum absolute atomic E-state index is 0.0734. The average molecular weight is 1600 g/mol. The number of ether oxygens (including phenoxy) is 4. The Morgan fingerprint density at radius 2 is 0.398 bits per heavy atom. The van der Waals surface area contributed by atoms with Crippen LogP contribution in [0.1, 0.15) is 613 Å². The molecule has 0 spiro atoms. The molecule has 0 fully saturated rings. The predicted octanol–water partition coefficient (Wildman–Crippen LogP) is 39.4. The third-order valence-corrected chi connectivity index (χ3v) is 25.5. The lowest BCUT2D eigenvalue weighted by atomic mass is 9.93. The fraction of sp³-hybridized carbons (Fsp3) is 1.00. The fourth-order valence-electron chi connectivity index (χ4n) is 16.2. The minimum Gasteiger partial charge on any atom is -0.381 e. The van der Waals surface area contributed by atoms with Gasteiger partial charge < -0.3 is 18.9 Å². The molecule has 5 atom stereocenters. The van der Waals surface area contributed by atoms with Gasteiger partial charge in [0.2, 0.25) is 0 Å². The summed E-state index contributed by atoms with van der Waals surface area (Å²) < 4.78 is 24.2. The molecule has 0 radical (unpaired) electrons. The maximum absolute atomic E-state index is 6.27. The number of hydrogen-bond acceptors (Lipinski definition) is 4. The van der Waals surface area contributed by atoms with Gasteiger partial charge in [-0.2, -0.15) is 0 Å². The summed E-state index contributed by atoms with van der Waals surface area (Å²) in [5.74, 6) is 5.98. The van der Waals surface area contributed by atoms with E-state index in [1.807, 2.05) is 0 Å². The van der Waals surface area contributed by atoms with Crippen LogP contribution in [0.5, 0.6) is 0 Å². The summed E-state index contributed by atoms with van der Waals surface area (Å²) >= 11 is 0. The molecule has 686 valence electrons. The Hall–Kier alpha value is -0.160. The summed E-state index contributed by atoms with van der Waals surface area (Å²) in [7, 11) is 0. The summed E-state index contributed by atoms with van der Waals surface area (Å²) in [6.45, 7) is 50.0. The first-order valence-electron chi connectivity index (χ1n) is 53.2. The highest BCUT2D eigenvalue weighted by molar-refractivity contribution is 4.74. The molecule has 0 heterocycles. The van der Waals surface area contributed by atoms with Crippen molar-refractivity contribution >= 4 is 0 Å². The second-order valence-corrected chi connectivity index (χ2v) is 40.0. The number of rotatable bonds is 90. The van der Waals surface area contributed by atoms with E-state index in [-0.39, 0.29) is 11.2 Å². The third-order valence-electron chi connectivity index (χ3n) is 25.5. The van der Waals surface area contributed by atoms with Crippen LogP contribution in [0.15, 0.2) is 0 Å². The van der Waals surface area contributed by atoms with Crippen molar-refractivity contribution in [2.45, 2.75) is 624 Å². The Kier molecular flexibility index (Phi) is 104. The Bertz CT molecular complexity index is 1640. The predicted molar refractivity (Wildman–Crippen MR) is 518 cm³/mol. The van der Waals surface area contributed by atoms with Crippen LogP contribution in [0.2, 0.25) is 0 Å². The molecule has 0 rings (SSSR count). The van der Waals surface area contributed by atoms with Crippen molar-refractivity contribution in [2.24, 2.45) is 41.4 Å². The number of hydrogen-bond donors (Lipinski definition) is 0. The highest BCUT2D eigenvalue weighted by Gasteiger charge is 2.22. The van der Waals surface area contributed by atoms with Crippen molar-refractivity contribution in [1.82, 2.24) is 0 Å². The zero-order valence-corrected chi connectivity index (χ0v) is 83.0. The highest BCUT2D eigenvalue weighted by atomic mass is 16.5. The molecule has 4 heteroatoms.